The van der Waals surface area contributed by atoms with Gasteiger partial charge in [0.25, 0.3) is 0 Å². The van der Waals surface area contributed by atoms with Crippen molar-refractivity contribution in [1.29, 1.82) is 0 Å². The lowest BCUT2D eigenvalue weighted by molar-refractivity contribution is 0.240. The summed E-state index contributed by atoms with van der Waals surface area (Å²) in [6, 6.07) is 11.1. The van der Waals surface area contributed by atoms with Crippen molar-refractivity contribution in [3.05, 3.63) is 52.0 Å². The van der Waals surface area contributed by atoms with Crippen LogP contribution in [-0.4, -0.2) is 11.0 Å². The first-order chi connectivity index (χ1) is 10.2. The Balaban J connectivity index is 1.88. The molecular weight excluding hydrogens is 276 g/mol. The maximum absolute atomic E-state index is 6.72. The third-order valence-electron chi connectivity index (χ3n) is 4.87. The average molecular weight is 300 g/mol. The van der Waals surface area contributed by atoms with Crippen LogP contribution in [0, 0.1) is 6.92 Å². The lowest BCUT2D eigenvalue weighted by Gasteiger charge is -2.42. The highest BCUT2D eigenvalue weighted by Crippen LogP contribution is 2.42. The molecule has 0 amide bonds. The van der Waals surface area contributed by atoms with Crippen molar-refractivity contribution in [3.8, 4) is 0 Å². The Hall–Kier alpha value is -1.19. The summed E-state index contributed by atoms with van der Waals surface area (Å²) in [5.41, 5.74) is 9.39. The number of nitrogens with two attached hydrogens (primary N) is 1. The quantitative estimate of drug-likeness (QED) is 0.918. The van der Waals surface area contributed by atoms with Gasteiger partial charge in [-0.05, 0) is 25.3 Å². The zero-order chi connectivity index (χ0) is 14.7. The summed E-state index contributed by atoms with van der Waals surface area (Å²) in [6.07, 6.45) is 7.25. The number of rotatable bonds is 4. The lowest BCUT2D eigenvalue weighted by Crippen LogP contribution is -2.48. The van der Waals surface area contributed by atoms with Crippen LogP contribution in [-0.2, 0) is 11.8 Å². The van der Waals surface area contributed by atoms with E-state index in [9.17, 15) is 0 Å². The van der Waals surface area contributed by atoms with Crippen LogP contribution in [0.4, 0.5) is 0 Å². The van der Waals surface area contributed by atoms with Crippen molar-refractivity contribution >= 4 is 11.3 Å². The van der Waals surface area contributed by atoms with Gasteiger partial charge in [0.15, 0.2) is 0 Å². The van der Waals surface area contributed by atoms with Gasteiger partial charge in [0.1, 0.15) is 0 Å². The Bertz CT molecular complexity index is 570. The molecule has 0 saturated heterocycles. The van der Waals surface area contributed by atoms with E-state index in [0.717, 1.165) is 12.1 Å². The predicted octanol–water partition coefficient (Wildman–Crippen LogP) is 4.22. The van der Waals surface area contributed by atoms with Gasteiger partial charge in [-0.15, -0.1) is 11.3 Å². The van der Waals surface area contributed by atoms with Crippen LogP contribution < -0.4 is 5.73 Å². The standard InChI is InChI=1S/C18H24N2S/c1-14-13-21-17(20-14)12-16(19)18(10-6-3-7-11-18)15-8-4-2-5-9-15/h2,4-5,8-9,13,16H,3,6-7,10-12,19H2,1H3. The fourth-order valence-electron chi connectivity index (χ4n) is 3.71. The first-order valence-electron chi connectivity index (χ1n) is 7.93. The monoisotopic (exact) mass is 300 g/mol. The molecule has 3 heteroatoms. The summed E-state index contributed by atoms with van der Waals surface area (Å²) in [6.45, 7) is 2.05. The Labute approximate surface area is 131 Å². The zero-order valence-corrected chi connectivity index (χ0v) is 13.5. The van der Waals surface area contributed by atoms with Crippen molar-refractivity contribution in [1.82, 2.24) is 4.98 Å². The molecule has 0 aliphatic heterocycles. The maximum Gasteiger partial charge on any atom is 0.0943 e. The van der Waals surface area contributed by atoms with Gasteiger partial charge in [0.2, 0.25) is 0 Å². The van der Waals surface area contributed by atoms with Crippen molar-refractivity contribution in [2.45, 2.75) is 56.9 Å². The number of aromatic nitrogens is 1. The van der Waals surface area contributed by atoms with Crippen LogP contribution in [0.3, 0.4) is 0 Å². The molecule has 1 aromatic carbocycles. The highest BCUT2D eigenvalue weighted by molar-refractivity contribution is 7.09. The minimum atomic E-state index is 0.138. The molecule has 2 aromatic rings. The second-order valence-electron chi connectivity index (χ2n) is 6.28. The Kier molecular flexibility index (Phi) is 4.41. The number of thiazole rings is 1. The van der Waals surface area contributed by atoms with Gasteiger partial charge in [0.05, 0.1) is 5.01 Å². The summed E-state index contributed by atoms with van der Waals surface area (Å²) in [4.78, 5) is 4.61. The van der Waals surface area contributed by atoms with Gasteiger partial charge in [0, 0.05) is 29.0 Å². The second-order valence-corrected chi connectivity index (χ2v) is 7.22. The Morgan fingerprint density at radius 2 is 1.90 bits per heavy atom. The number of hydrogen-bond acceptors (Lipinski definition) is 3. The van der Waals surface area contributed by atoms with Crippen LogP contribution in [0.15, 0.2) is 35.7 Å². The third kappa shape index (κ3) is 3.04. The first-order valence-corrected chi connectivity index (χ1v) is 8.81. The Morgan fingerprint density at radius 1 is 1.19 bits per heavy atom. The fraction of sp³-hybridized carbons (Fsp3) is 0.500. The van der Waals surface area contributed by atoms with Gasteiger partial charge in [-0.25, -0.2) is 4.98 Å². The van der Waals surface area contributed by atoms with Crippen LogP contribution in [0.1, 0.15) is 48.4 Å². The molecule has 1 atom stereocenters. The average Bonchev–Trinajstić information content (AvgIpc) is 2.94. The Morgan fingerprint density at radius 3 is 2.52 bits per heavy atom. The normalized spacial score (nSPS) is 19.3. The molecule has 1 unspecified atom stereocenters. The van der Waals surface area contributed by atoms with Gasteiger partial charge in [-0.3, -0.25) is 0 Å². The van der Waals surface area contributed by atoms with Crippen molar-refractivity contribution < 1.29 is 0 Å². The molecule has 21 heavy (non-hydrogen) atoms. The summed E-state index contributed by atoms with van der Waals surface area (Å²) < 4.78 is 0. The largest absolute Gasteiger partial charge is 0.327 e. The molecule has 0 radical (unpaired) electrons. The topological polar surface area (TPSA) is 38.9 Å². The molecular formula is C18H24N2S. The number of aryl methyl sites for hydroxylation is 1. The van der Waals surface area contributed by atoms with E-state index in [4.69, 9.17) is 5.73 Å². The molecule has 0 spiro atoms. The van der Waals surface area contributed by atoms with E-state index in [-0.39, 0.29) is 11.5 Å². The molecule has 2 nitrogen and oxygen atoms in total. The molecule has 1 aliphatic rings. The van der Waals surface area contributed by atoms with Crippen LogP contribution in [0.5, 0.6) is 0 Å². The molecule has 1 aliphatic carbocycles. The number of benzene rings is 1. The third-order valence-corrected chi connectivity index (χ3v) is 5.85. The number of hydrogen-bond donors (Lipinski definition) is 1. The molecule has 1 saturated carbocycles. The van der Waals surface area contributed by atoms with E-state index >= 15 is 0 Å². The zero-order valence-electron chi connectivity index (χ0n) is 12.7. The van der Waals surface area contributed by atoms with Gasteiger partial charge in [-0.1, -0.05) is 49.6 Å². The molecule has 112 valence electrons. The van der Waals surface area contributed by atoms with Crippen molar-refractivity contribution in [3.63, 3.8) is 0 Å². The van der Waals surface area contributed by atoms with Gasteiger partial charge >= 0.3 is 0 Å². The second kappa shape index (κ2) is 6.29. The summed E-state index contributed by atoms with van der Waals surface area (Å²) in [5.74, 6) is 0. The van der Waals surface area contributed by atoms with Crippen molar-refractivity contribution in [2.75, 3.05) is 0 Å². The van der Waals surface area contributed by atoms with E-state index in [1.54, 1.807) is 11.3 Å². The van der Waals surface area contributed by atoms with E-state index in [2.05, 4.69) is 47.6 Å². The SMILES string of the molecule is Cc1csc(CC(N)C2(c3ccccc3)CCCCC2)n1. The van der Waals surface area contributed by atoms with Gasteiger partial charge in [-0.2, -0.15) is 0 Å². The minimum Gasteiger partial charge on any atom is -0.327 e. The first kappa shape index (κ1) is 14.7. The molecule has 3 rings (SSSR count). The smallest absolute Gasteiger partial charge is 0.0943 e. The predicted molar refractivity (Wildman–Crippen MR) is 89.7 cm³/mol. The fourth-order valence-corrected chi connectivity index (χ4v) is 4.54. The van der Waals surface area contributed by atoms with Crippen LogP contribution in [0.25, 0.3) is 0 Å². The van der Waals surface area contributed by atoms with Crippen LogP contribution >= 0.6 is 11.3 Å². The van der Waals surface area contributed by atoms with E-state index < -0.39 is 0 Å². The summed E-state index contributed by atoms with van der Waals surface area (Å²) >= 11 is 1.74. The maximum atomic E-state index is 6.72. The molecule has 1 aromatic heterocycles. The summed E-state index contributed by atoms with van der Waals surface area (Å²) in [7, 11) is 0. The van der Waals surface area contributed by atoms with E-state index in [1.165, 1.54) is 42.7 Å². The van der Waals surface area contributed by atoms with Crippen molar-refractivity contribution in [2.24, 2.45) is 5.73 Å². The summed E-state index contributed by atoms with van der Waals surface area (Å²) in [5, 5.41) is 3.30. The highest BCUT2D eigenvalue weighted by atomic mass is 32.1. The molecule has 1 fully saturated rings. The molecule has 2 N–H and O–H groups in total. The molecule has 0 bridgehead atoms. The van der Waals surface area contributed by atoms with Crippen LogP contribution in [0.2, 0.25) is 0 Å². The van der Waals surface area contributed by atoms with E-state index in [1.807, 2.05) is 0 Å². The number of nitrogens with zero attached hydrogens (tertiary/aromatic N) is 1. The highest BCUT2D eigenvalue weighted by Gasteiger charge is 2.39. The van der Waals surface area contributed by atoms with Gasteiger partial charge < -0.3 is 5.73 Å². The van der Waals surface area contributed by atoms with E-state index in [0.29, 0.717) is 0 Å². The minimum absolute atomic E-state index is 0.138. The molecule has 1 heterocycles. The lowest BCUT2D eigenvalue weighted by atomic mass is 9.64.